The van der Waals surface area contributed by atoms with Crippen LogP contribution >= 0.6 is 0 Å². The molecule has 3 rings (SSSR count). The minimum absolute atomic E-state index is 0.0171. The zero-order valence-corrected chi connectivity index (χ0v) is 19.7. The molecule has 0 aromatic heterocycles. The Morgan fingerprint density at radius 1 is 0.829 bits per heavy atom. The van der Waals surface area contributed by atoms with Gasteiger partial charge in [0.2, 0.25) is 11.8 Å². The Morgan fingerprint density at radius 3 is 2.26 bits per heavy atom. The molecule has 0 aliphatic rings. The Bertz CT molecular complexity index is 1180. The van der Waals surface area contributed by atoms with Crippen molar-refractivity contribution in [1.29, 1.82) is 0 Å². The highest BCUT2D eigenvalue weighted by Crippen LogP contribution is 2.20. The summed E-state index contributed by atoms with van der Waals surface area (Å²) in [5.74, 6) is -1.28. The number of carbonyl (C=O) groups is 3. The van der Waals surface area contributed by atoms with Gasteiger partial charge in [0.05, 0.1) is 29.9 Å². The molecule has 0 saturated carbocycles. The number of halogens is 1. The minimum Gasteiger partial charge on any atom is -0.376 e. The fourth-order valence-corrected chi connectivity index (χ4v) is 3.27. The van der Waals surface area contributed by atoms with Crippen LogP contribution in [0.3, 0.4) is 0 Å². The van der Waals surface area contributed by atoms with Gasteiger partial charge < -0.3 is 21.3 Å². The van der Waals surface area contributed by atoms with Gasteiger partial charge in [-0.15, -0.1) is 0 Å². The third kappa shape index (κ3) is 7.96. The molecule has 0 saturated heterocycles. The van der Waals surface area contributed by atoms with Crippen molar-refractivity contribution in [3.63, 3.8) is 0 Å². The summed E-state index contributed by atoms with van der Waals surface area (Å²) >= 11 is 0. The predicted octanol–water partition coefficient (Wildman–Crippen LogP) is 4.44. The van der Waals surface area contributed by atoms with Gasteiger partial charge in [-0.1, -0.05) is 56.3 Å². The maximum atomic E-state index is 14.2. The number of nitrogens with one attached hydrogen (secondary N) is 4. The first-order chi connectivity index (χ1) is 16.8. The van der Waals surface area contributed by atoms with Gasteiger partial charge in [-0.3, -0.25) is 14.4 Å². The van der Waals surface area contributed by atoms with Crippen LogP contribution in [0.1, 0.15) is 29.8 Å². The van der Waals surface area contributed by atoms with E-state index in [1.807, 2.05) is 44.2 Å². The van der Waals surface area contributed by atoms with Crippen LogP contribution in [0.5, 0.6) is 0 Å². The van der Waals surface area contributed by atoms with Crippen LogP contribution < -0.4 is 21.3 Å². The summed E-state index contributed by atoms with van der Waals surface area (Å²) < 4.78 is 14.2. The van der Waals surface area contributed by atoms with Crippen molar-refractivity contribution in [3.05, 3.63) is 89.7 Å². The maximum absolute atomic E-state index is 14.2. The number of para-hydroxylation sites is 1. The predicted molar refractivity (Wildman–Crippen MR) is 136 cm³/mol. The van der Waals surface area contributed by atoms with Crippen molar-refractivity contribution < 1.29 is 18.8 Å². The standard InChI is InChI=1S/C27H29FN4O3/c1-18(2)16-30-27(35)21-10-6-7-11-23(21)31-26(34)17-29-20-12-13-22(28)24(15-20)32-25(33)14-19-8-4-3-5-9-19/h3-13,15,18,29H,14,16-17H2,1-2H3,(H,30,35)(H,31,34)(H,32,33). The van der Waals surface area contributed by atoms with E-state index < -0.39 is 5.82 Å². The highest BCUT2D eigenvalue weighted by Gasteiger charge is 2.14. The van der Waals surface area contributed by atoms with E-state index in [-0.39, 0.29) is 36.4 Å². The van der Waals surface area contributed by atoms with Gasteiger partial charge in [0.25, 0.3) is 5.91 Å². The van der Waals surface area contributed by atoms with Gasteiger partial charge in [0.15, 0.2) is 0 Å². The monoisotopic (exact) mass is 476 g/mol. The molecule has 0 unspecified atom stereocenters. The average molecular weight is 477 g/mol. The second kappa shape index (κ2) is 12.3. The molecule has 4 N–H and O–H groups in total. The molecule has 7 nitrogen and oxygen atoms in total. The average Bonchev–Trinajstić information content (AvgIpc) is 2.84. The van der Waals surface area contributed by atoms with Gasteiger partial charge >= 0.3 is 0 Å². The minimum atomic E-state index is -0.581. The lowest BCUT2D eigenvalue weighted by molar-refractivity contribution is -0.116. The zero-order valence-electron chi connectivity index (χ0n) is 19.7. The first-order valence-electron chi connectivity index (χ1n) is 11.4. The normalized spacial score (nSPS) is 10.5. The summed E-state index contributed by atoms with van der Waals surface area (Å²) in [6.45, 7) is 4.40. The topological polar surface area (TPSA) is 99.3 Å². The molecule has 182 valence electrons. The van der Waals surface area contributed by atoms with Gasteiger partial charge in [0, 0.05) is 12.2 Å². The van der Waals surface area contributed by atoms with E-state index >= 15 is 0 Å². The molecule has 0 spiro atoms. The smallest absolute Gasteiger partial charge is 0.253 e. The molecule has 0 fully saturated rings. The van der Waals surface area contributed by atoms with Crippen molar-refractivity contribution >= 4 is 34.8 Å². The molecular weight excluding hydrogens is 447 g/mol. The number of hydrogen-bond donors (Lipinski definition) is 4. The summed E-state index contributed by atoms with van der Waals surface area (Å²) in [7, 11) is 0. The van der Waals surface area contributed by atoms with E-state index in [0.717, 1.165) is 5.56 Å². The van der Waals surface area contributed by atoms with Gasteiger partial charge in [0.1, 0.15) is 5.82 Å². The molecule has 0 heterocycles. The lowest BCUT2D eigenvalue weighted by Crippen LogP contribution is -2.29. The van der Waals surface area contributed by atoms with E-state index in [0.29, 0.717) is 29.4 Å². The van der Waals surface area contributed by atoms with E-state index in [4.69, 9.17) is 0 Å². The Hall–Kier alpha value is -4.20. The second-order valence-electron chi connectivity index (χ2n) is 8.46. The van der Waals surface area contributed by atoms with Crippen LogP contribution in [0.25, 0.3) is 0 Å². The summed E-state index contributed by atoms with van der Waals surface area (Å²) in [6, 6.07) is 20.0. The number of amides is 3. The van der Waals surface area contributed by atoms with Crippen LogP contribution in [0.15, 0.2) is 72.8 Å². The van der Waals surface area contributed by atoms with Crippen molar-refractivity contribution in [3.8, 4) is 0 Å². The second-order valence-corrected chi connectivity index (χ2v) is 8.46. The van der Waals surface area contributed by atoms with Crippen molar-refractivity contribution in [1.82, 2.24) is 5.32 Å². The third-order valence-electron chi connectivity index (χ3n) is 5.02. The Kier molecular flexibility index (Phi) is 8.95. The third-order valence-corrected chi connectivity index (χ3v) is 5.02. The van der Waals surface area contributed by atoms with Gasteiger partial charge in [-0.2, -0.15) is 0 Å². The fraction of sp³-hybridized carbons (Fsp3) is 0.222. The molecule has 0 aliphatic carbocycles. The van der Waals surface area contributed by atoms with E-state index in [2.05, 4.69) is 21.3 Å². The summed E-state index contributed by atoms with van der Waals surface area (Å²) in [4.78, 5) is 37.3. The van der Waals surface area contributed by atoms with Crippen LogP contribution in [-0.4, -0.2) is 30.8 Å². The van der Waals surface area contributed by atoms with Crippen LogP contribution in [-0.2, 0) is 16.0 Å². The molecule has 3 amide bonds. The highest BCUT2D eigenvalue weighted by atomic mass is 19.1. The molecule has 3 aromatic rings. The number of hydrogen-bond acceptors (Lipinski definition) is 4. The number of carbonyl (C=O) groups excluding carboxylic acids is 3. The SMILES string of the molecule is CC(C)CNC(=O)c1ccccc1NC(=O)CNc1ccc(F)c(NC(=O)Cc2ccccc2)c1. The Balaban J connectivity index is 1.58. The van der Waals surface area contributed by atoms with Crippen LogP contribution in [0.2, 0.25) is 0 Å². The quantitative estimate of drug-likeness (QED) is 0.348. The largest absolute Gasteiger partial charge is 0.376 e. The fourth-order valence-electron chi connectivity index (χ4n) is 3.27. The lowest BCUT2D eigenvalue weighted by atomic mass is 10.1. The number of anilines is 3. The van der Waals surface area contributed by atoms with Crippen molar-refractivity contribution in [2.45, 2.75) is 20.3 Å². The molecule has 0 radical (unpaired) electrons. The van der Waals surface area contributed by atoms with Gasteiger partial charge in [-0.05, 0) is 41.8 Å². The number of rotatable bonds is 10. The van der Waals surface area contributed by atoms with Crippen molar-refractivity contribution in [2.75, 3.05) is 29.0 Å². The molecule has 0 atom stereocenters. The maximum Gasteiger partial charge on any atom is 0.253 e. The Labute approximate surface area is 204 Å². The number of benzene rings is 3. The van der Waals surface area contributed by atoms with E-state index in [9.17, 15) is 18.8 Å². The summed E-state index contributed by atoms with van der Waals surface area (Å²) in [6.07, 6.45) is 0.116. The van der Waals surface area contributed by atoms with Crippen LogP contribution in [0.4, 0.5) is 21.5 Å². The van der Waals surface area contributed by atoms with Gasteiger partial charge in [-0.25, -0.2) is 4.39 Å². The zero-order chi connectivity index (χ0) is 25.2. The molecule has 8 heteroatoms. The molecule has 0 bridgehead atoms. The molecular formula is C27H29FN4O3. The van der Waals surface area contributed by atoms with E-state index in [1.54, 1.807) is 24.3 Å². The molecule has 35 heavy (non-hydrogen) atoms. The van der Waals surface area contributed by atoms with Crippen molar-refractivity contribution in [2.24, 2.45) is 5.92 Å². The summed E-state index contributed by atoms with van der Waals surface area (Å²) in [5.41, 5.74) is 2.05. The first-order valence-corrected chi connectivity index (χ1v) is 11.4. The Morgan fingerprint density at radius 2 is 1.51 bits per heavy atom. The van der Waals surface area contributed by atoms with E-state index in [1.165, 1.54) is 18.2 Å². The molecule has 3 aromatic carbocycles. The van der Waals surface area contributed by atoms with Crippen LogP contribution in [0, 0.1) is 11.7 Å². The lowest BCUT2D eigenvalue weighted by Gasteiger charge is -2.14. The summed E-state index contributed by atoms with van der Waals surface area (Å²) in [5, 5.41) is 11.0. The molecule has 0 aliphatic heterocycles. The first kappa shape index (κ1) is 25.4. The highest BCUT2D eigenvalue weighted by molar-refractivity contribution is 6.04.